The summed E-state index contributed by atoms with van der Waals surface area (Å²) in [6, 6.07) is -3.27. The molecule has 3 aliphatic rings. The number of aliphatic hydroxyl groups excluding tert-OH is 5. The fourth-order valence-corrected chi connectivity index (χ4v) is 4.43. The first-order valence-corrected chi connectivity index (χ1v) is 10.8. The monoisotopic (exact) mass is 467 g/mol. The Hall–Kier alpha value is -0.560. The molecule has 1 saturated carbocycles. The summed E-state index contributed by atoms with van der Waals surface area (Å²) in [5, 5.41) is 50.7. The van der Waals surface area contributed by atoms with Crippen molar-refractivity contribution in [2.24, 2.45) is 28.7 Å². The summed E-state index contributed by atoms with van der Waals surface area (Å²) in [5.41, 5.74) is 29.8. The van der Waals surface area contributed by atoms with Gasteiger partial charge in [-0.2, -0.15) is 0 Å². The molecule has 0 unspecified atom stereocenters. The minimum Gasteiger partial charge on any atom is -0.394 e. The Balaban J connectivity index is 1.70. The lowest BCUT2D eigenvalue weighted by Gasteiger charge is -2.47. The molecule has 14 nitrogen and oxygen atoms in total. The van der Waals surface area contributed by atoms with Crippen molar-refractivity contribution in [3.05, 3.63) is 0 Å². The Labute approximate surface area is 185 Å². The van der Waals surface area contributed by atoms with Gasteiger partial charge >= 0.3 is 0 Å². The highest BCUT2D eigenvalue weighted by atomic mass is 16.7. The second-order valence-electron chi connectivity index (χ2n) is 8.78. The molecule has 2 saturated heterocycles. The van der Waals surface area contributed by atoms with E-state index >= 15 is 0 Å². The van der Waals surface area contributed by atoms with E-state index in [1.807, 2.05) is 0 Å². The van der Waals surface area contributed by atoms with Crippen molar-refractivity contribution in [3.8, 4) is 0 Å². The molecular formula is C18H37N5O9. The van der Waals surface area contributed by atoms with Crippen molar-refractivity contribution in [1.29, 1.82) is 0 Å². The number of hydrogen-bond acceptors (Lipinski definition) is 14. The third-order valence-electron chi connectivity index (χ3n) is 6.41. The molecule has 0 aromatic carbocycles. The van der Waals surface area contributed by atoms with Gasteiger partial charge in [-0.25, -0.2) is 0 Å². The van der Waals surface area contributed by atoms with Crippen LogP contribution in [0.1, 0.15) is 12.8 Å². The minimum atomic E-state index is -1.44. The van der Waals surface area contributed by atoms with Gasteiger partial charge in [0.2, 0.25) is 0 Å². The molecule has 3 rings (SSSR count). The number of hydrogen-bond donors (Lipinski definition) is 10. The standard InChI is InChI=1S/C18H37N5O9/c19-3-9-8(25)2-7(22)17(29-9)31-15-5(20)1-6(21)16(14(15)28)32-18-13(27)11(23)12(26)10(4-24)30-18/h5-18,24-28H,1-4,19-23H2/t5-,6+,7-,8+,9-,10+,11+,12+,13+,14-,15+,16-,17+,18+/m0/s1. The lowest BCUT2D eigenvalue weighted by Crippen LogP contribution is -2.68. The Kier molecular flexibility index (Phi) is 8.79. The van der Waals surface area contributed by atoms with E-state index in [9.17, 15) is 25.5 Å². The van der Waals surface area contributed by atoms with E-state index in [2.05, 4.69) is 0 Å². The second-order valence-corrected chi connectivity index (χ2v) is 8.78. The van der Waals surface area contributed by atoms with Gasteiger partial charge in [0.25, 0.3) is 0 Å². The average Bonchev–Trinajstić information content (AvgIpc) is 2.75. The summed E-state index contributed by atoms with van der Waals surface area (Å²) >= 11 is 0. The van der Waals surface area contributed by atoms with Gasteiger partial charge in [-0.05, 0) is 12.8 Å². The van der Waals surface area contributed by atoms with Gasteiger partial charge in [0, 0.05) is 18.6 Å². The van der Waals surface area contributed by atoms with E-state index in [0.717, 1.165) is 0 Å². The molecule has 0 aromatic heterocycles. The summed E-state index contributed by atoms with van der Waals surface area (Å²) in [6.45, 7) is -0.499. The molecule has 2 heterocycles. The topological polar surface area (TPSA) is 268 Å². The molecule has 2 aliphatic heterocycles. The van der Waals surface area contributed by atoms with E-state index in [1.165, 1.54) is 0 Å². The van der Waals surface area contributed by atoms with Crippen LogP contribution in [-0.4, -0.2) is 124 Å². The maximum absolute atomic E-state index is 11.0. The number of rotatable bonds is 6. The van der Waals surface area contributed by atoms with E-state index in [0.29, 0.717) is 0 Å². The van der Waals surface area contributed by atoms with Crippen molar-refractivity contribution >= 4 is 0 Å². The van der Waals surface area contributed by atoms with Gasteiger partial charge in [0.1, 0.15) is 36.6 Å². The molecule has 188 valence electrons. The first kappa shape index (κ1) is 26.1. The molecule has 15 N–H and O–H groups in total. The predicted octanol–water partition coefficient (Wildman–Crippen LogP) is -6.30. The average molecular weight is 468 g/mol. The van der Waals surface area contributed by atoms with Crippen molar-refractivity contribution < 1.29 is 44.5 Å². The zero-order valence-corrected chi connectivity index (χ0v) is 17.7. The van der Waals surface area contributed by atoms with E-state index in [1.54, 1.807) is 0 Å². The molecule has 1 aliphatic carbocycles. The molecule has 14 heteroatoms. The number of ether oxygens (including phenoxy) is 4. The van der Waals surface area contributed by atoms with Crippen LogP contribution in [0.15, 0.2) is 0 Å². The van der Waals surface area contributed by atoms with Crippen molar-refractivity contribution in [1.82, 2.24) is 0 Å². The molecule has 3 fully saturated rings. The predicted molar refractivity (Wildman–Crippen MR) is 108 cm³/mol. The first-order chi connectivity index (χ1) is 15.1. The zero-order valence-electron chi connectivity index (χ0n) is 17.7. The maximum Gasteiger partial charge on any atom is 0.186 e. The Morgan fingerprint density at radius 2 is 1.28 bits per heavy atom. The Morgan fingerprint density at radius 3 is 1.84 bits per heavy atom. The number of aliphatic hydroxyl groups is 5. The van der Waals surface area contributed by atoms with Crippen LogP contribution in [0, 0.1) is 0 Å². The summed E-state index contributed by atoms with van der Waals surface area (Å²) in [7, 11) is 0. The minimum absolute atomic E-state index is 0.0542. The van der Waals surface area contributed by atoms with E-state index < -0.39 is 92.2 Å². The van der Waals surface area contributed by atoms with Crippen LogP contribution < -0.4 is 28.7 Å². The van der Waals surface area contributed by atoms with Gasteiger partial charge in [-0.3, -0.25) is 0 Å². The highest BCUT2D eigenvalue weighted by Gasteiger charge is 2.50. The third kappa shape index (κ3) is 5.24. The highest BCUT2D eigenvalue weighted by Crippen LogP contribution is 2.30. The molecule has 0 aromatic rings. The molecule has 0 bridgehead atoms. The van der Waals surface area contributed by atoms with Crippen LogP contribution in [0.2, 0.25) is 0 Å². The largest absolute Gasteiger partial charge is 0.394 e. The Bertz CT molecular complexity index is 607. The van der Waals surface area contributed by atoms with Crippen LogP contribution in [0.5, 0.6) is 0 Å². The smallest absolute Gasteiger partial charge is 0.186 e. The maximum atomic E-state index is 11.0. The van der Waals surface area contributed by atoms with E-state index in [-0.39, 0.29) is 19.4 Å². The summed E-state index contributed by atoms with van der Waals surface area (Å²) in [4.78, 5) is 0. The summed E-state index contributed by atoms with van der Waals surface area (Å²) < 4.78 is 22.7. The van der Waals surface area contributed by atoms with Crippen molar-refractivity contribution in [2.75, 3.05) is 13.2 Å². The summed E-state index contributed by atoms with van der Waals surface area (Å²) in [6.07, 6.45) is -10.8. The van der Waals surface area contributed by atoms with Gasteiger partial charge in [0.05, 0.1) is 30.9 Å². The van der Waals surface area contributed by atoms with Crippen molar-refractivity contribution in [3.63, 3.8) is 0 Å². The normalized spacial score (nSPS) is 52.7. The van der Waals surface area contributed by atoms with Gasteiger partial charge < -0.3 is 73.1 Å². The van der Waals surface area contributed by atoms with Gasteiger partial charge in [0.15, 0.2) is 12.6 Å². The lowest BCUT2D eigenvalue weighted by molar-refractivity contribution is -0.314. The molecule has 14 atom stereocenters. The van der Waals surface area contributed by atoms with Crippen molar-refractivity contribution in [2.45, 2.75) is 98.4 Å². The van der Waals surface area contributed by atoms with Crippen LogP contribution in [-0.2, 0) is 18.9 Å². The SMILES string of the molecule is NC[C@@H]1O[C@H](O[C@H]2[C@H](O)[C@@H](O[C@H]3O[C@H](CO)[C@@H](O)[C@@H](N)[C@H]3O)[C@H](N)C[C@@H]2N)[C@@H](N)C[C@H]1O. The van der Waals surface area contributed by atoms with Crippen LogP contribution in [0.4, 0.5) is 0 Å². The molecular weight excluding hydrogens is 430 g/mol. The van der Waals surface area contributed by atoms with Crippen LogP contribution in [0.25, 0.3) is 0 Å². The molecule has 0 spiro atoms. The molecule has 0 amide bonds. The first-order valence-electron chi connectivity index (χ1n) is 10.8. The summed E-state index contributed by atoms with van der Waals surface area (Å²) in [5.74, 6) is 0. The Morgan fingerprint density at radius 1 is 0.719 bits per heavy atom. The van der Waals surface area contributed by atoms with Crippen LogP contribution >= 0.6 is 0 Å². The fraction of sp³-hybridized carbons (Fsp3) is 1.00. The van der Waals surface area contributed by atoms with Gasteiger partial charge in [-0.15, -0.1) is 0 Å². The third-order valence-corrected chi connectivity index (χ3v) is 6.41. The quantitative estimate of drug-likeness (QED) is 0.174. The second kappa shape index (κ2) is 10.8. The van der Waals surface area contributed by atoms with Gasteiger partial charge in [-0.1, -0.05) is 0 Å². The molecule has 0 radical (unpaired) electrons. The van der Waals surface area contributed by atoms with Crippen LogP contribution in [0.3, 0.4) is 0 Å². The highest BCUT2D eigenvalue weighted by molar-refractivity contribution is 5.01. The van der Waals surface area contributed by atoms with E-state index in [4.69, 9.17) is 47.6 Å². The molecule has 32 heavy (non-hydrogen) atoms. The lowest BCUT2D eigenvalue weighted by atomic mass is 9.84. The zero-order chi connectivity index (χ0) is 23.7. The fourth-order valence-electron chi connectivity index (χ4n) is 4.43. The number of nitrogens with two attached hydrogens (primary N) is 5.